The van der Waals surface area contributed by atoms with Crippen molar-refractivity contribution in [2.45, 2.75) is 6.04 Å². The summed E-state index contributed by atoms with van der Waals surface area (Å²) in [5.74, 6) is 0.651. The second kappa shape index (κ2) is 5.15. The molecule has 0 aliphatic rings. The number of nitrogens with two attached hydrogens (primary N) is 1. The molecule has 0 saturated heterocycles. The molecule has 2 heterocycles. The zero-order valence-electron chi connectivity index (χ0n) is 10.3. The molecule has 0 aliphatic carbocycles. The summed E-state index contributed by atoms with van der Waals surface area (Å²) in [6.07, 6.45) is 0. The molecule has 3 N–H and O–H groups in total. The van der Waals surface area contributed by atoms with Crippen molar-refractivity contribution in [2.75, 3.05) is 32.2 Å². The van der Waals surface area contributed by atoms with Gasteiger partial charge in [-0.2, -0.15) is 9.61 Å². The van der Waals surface area contributed by atoms with Gasteiger partial charge < -0.3 is 15.4 Å². The Morgan fingerprint density at radius 3 is 3.11 bits per heavy atom. The molecule has 2 aromatic rings. The van der Waals surface area contributed by atoms with E-state index in [4.69, 9.17) is 10.5 Å². The first-order valence-electron chi connectivity index (χ1n) is 5.52. The van der Waals surface area contributed by atoms with E-state index in [2.05, 4.69) is 15.3 Å². The maximum absolute atomic E-state index is 11.4. The standard InChI is InChI=1S/C10H16N6O2/c1-15(5-7(11)6-18-2)9-4-3-8-12-13-10(17)16(8)14-9/h3-4,7H,5-6,11H2,1-2H3,(H,13,17). The molecule has 0 fully saturated rings. The first-order valence-corrected chi connectivity index (χ1v) is 5.52. The number of hydrogen-bond acceptors (Lipinski definition) is 6. The fraction of sp³-hybridized carbons (Fsp3) is 0.500. The van der Waals surface area contributed by atoms with E-state index in [1.807, 2.05) is 11.9 Å². The molecule has 8 heteroatoms. The van der Waals surface area contributed by atoms with Gasteiger partial charge in [0.1, 0.15) is 5.82 Å². The lowest BCUT2D eigenvalue weighted by atomic mass is 10.3. The van der Waals surface area contributed by atoms with E-state index in [0.29, 0.717) is 24.6 Å². The Hall–Kier alpha value is -1.93. The lowest BCUT2D eigenvalue weighted by molar-refractivity contribution is 0.181. The highest BCUT2D eigenvalue weighted by Crippen LogP contribution is 2.08. The predicted octanol–water partition coefficient (Wildman–Crippen LogP) is -1.17. The van der Waals surface area contributed by atoms with Gasteiger partial charge in [-0.15, -0.1) is 5.10 Å². The van der Waals surface area contributed by atoms with Gasteiger partial charge in [0.2, 0.25) is 0 Å². The molecule has 1 atom stereocenters. The van der Waals surface area contributed by atoms with Crippen LogP contribution in [0.1, 0.15) is 0 Å². The Balaban J connectivity index is 2.19. The van der Waals surface area contributed by atoms with Gasteiger partial charge in [-0.3, -0.25) is 0 Å². The molecule has 0 spiro atoms. The van der Waals surface area contributed by atoms with E-state index in [1.54, 1.807) is 19.2 Å². The van der Waals surface area contributed by atoms with Crippen molar-refractivity contribution in [1.82, 2.24) is 19.8 Å². The number of ether oxygens (including phenoxy) is 1. The molecule has 1 unspecified atom stereocenters. The van der Waals surface area contributed by atoms with E-state index < -0.39 is 0 Å². The number of hydrogen-bond donors (Lipinski definition) is 2. The fourth-order valence-electron chi connectivity index (χ4n) is 1.71. The van der Waals surface area contributed by atoms with Crippen molar-refractivity contribution in [2.24, 2.45) is 5.73 Å². The van der Waals surface area contributed by atoms with Crippen LogP contribution in [0.3, 0.4) is 0 Å². The summed E-state index contributed by atoms with van der Waals surface area (Å²) in [6.45, 7) is 1.05. The number of fused-ring (bicyclic) bond motifs is 1. The molecule has 0 radical (unpaired) electrons. The summed E-state index contributed by atoms with van der Waals surface area (Å²) in [5.41, 5.74) is 5.99. The topological polar surface area (TPSA) is 102 Å². The smallest absolute Gasteiger partial charge is 0.364 e. The van der Waals surface area contributed by atoms with Gasteiger partial charge in [0.25, 0.3) is 0 Å². The van der Waals surface area contributed by atoms with Crippen LogP contribution in [0.25, 0.3) is 5.65 Å². The number of nitrogens with zero attached hydrogens (tertiary/aromatic N) is 4. The molecular weight excluding hydrogens is 236 g/mol. The zero-order chi connectivity index (χ0) is 13.1. The molecular formula is C10H16N6O2. The summed E-state index contributed by atoms with van der Waals surface area (Å²) < 4.78 is 6.19. The van der Waals surface area contributed by atoms with Crippen LogP contribution in [0.5, 0.6) is 0 Å². The predicted molar refractivity (Wildman–Crippen MR) is 66.7 cm³/mol. The molecule has 0 aliphatic heterocycles. The molecule has 0 saturated carbocycles. The Morgan fingerprint density at radius 1 is 1.61 bits per heavy atom. The Bertz CT molecular complexity index is 577. The normalized spacial score (nSPS) is 12.8. The SMILES string of the molecule is COCC(N)CN(C)c1ccc2n[nH]c(=O)n2n1. The number of methoxy groups -OCH3 is 1. The van der Waals surface area contributed by atoms with Crippen LogP contribution in [0.15, 0.2) is 16.9 Å². The van der Waals surface area contributed by atoms with Crippen molar-refractivity contribution in [3.05, 3.63) is 22.6 Å². The Morgan fingerprint density at radius 2 is 2.39 bits per heavy atom. The summed E-state index contributed by atoms with van der Waals surface area (Å²) in [5, 5.41) is 10.3. The number of anilines is 1. The summed E-state index contributed by atoms with van der Waals surface area (Å²) >= 11 is 0. The minimum absolute atomic E-state index is 0.112. The van der Waals surface area contributed by atoms with Crippen LogP contribution < -0.4 is 16.3 Å². The Labute approximate surface area is 103 Å². The van der Waals surface area contributed by atoms with Crippen LogP contribution in [0.4, 0.5) is 5.82 Å². The van der Waals surface area contributed by atoms with Gasteiger partial charge in [0.15, 0.2) is 5.65 Å². The van der Waals surface area contributed by atoms with Crippen LogP contribution in [0.2, 0.25) is 0 Å². The average Bonchev–Trinajstić information content (AvgIpc) is 2.71. The second-order valence-electron chi connectivity index (χ2n) is 4.09. The average molecular weight is 252 g/mol. The molecule has 2 rings (SSSR count). The summed E-state index contributed by atoms with van der Waals surface area (Å²) in [6, 6.07) is 3.40. The van der Waals surface area contributed by atoms with Gasteiger partial charge in [-0.1, -0.05) is 0 Å². The lowest BCUT2D eigenvalue weighted by Gasteiger charge is -2.21. The maximum atomic E-state index is 11.4. The van der Waals surface area contributed by atoms with Crippen molar-refractivity contribution in [1.29, 1.82) is 0 Å². The van der Waals surface area contributed by atoms with Crippen LogP contribution >= 0.6 is 0 Å². The van der Waals surface area contributed by atoms with Gasteiger partial charge in [-0.05, 0) is 12.1 Å². The largest absolute Gasteiger partial charge is 0.383 e. The molecule has 0 aromatic carbocycles. The van der Waals surface area contributed by atoms with Crippen molar-refractivity contribution in [3.63, 3.8) is 0 Å². The van der Waals surface area contributed by atoms with Crippen LogP contribution in [0, 0.1) is 0 Å². The molecule has 98 valence electrons. The van der Waals surface area contributed by atoms with Crippen molar-refractivity contribution < 1.29 is 4.74 Å². The molecule has 0 amide bonds. The lowest BCUT2D eigenvalue weighted by Crippen LogP contribution is -2.39. The van der Waals surface area contributed by atoms with Gasteiger partial charge >= 0.3 is 5.69 Å². The van der Waals surface area contributed by atoms with Crippen molar-refractivity contribution in [3.8, 4) is 0 Å². The molecule has 2 aromatic heterocycles. The molecule has 0 bridgehead atoms. The number of likely N-dealkylation sites (N-methyl/N-ethyl adjacent to an activating group) is 1. The quantitative estimate of drug-likeness (QED) is 0.695. The summed E-state index contributed by atoms with van der Waals surface area (Å²) in [7, 11) is 3.46. The van der Waals surface area contributed by atoms with Gasteiger partial charge in [0, 0.05) is 26.7 Å². The maximum Gasteiger partial charge on any atom is 0.364 e. The third kappa shape index (κ3) is 2.49. The van der Waals surface area contributed by atoms with Crippen molar-refractivity contribution >= 4 is 11.5 Å². The second-order valence-corrected chi connectivity index (χ2v) is 4.09. The van der Waals surface area contributed by atoms with E-state index in [0.717, 1.165) is 0 Å². The van der Waals surface area contributed by atoms with E-state index in [-0.39, 0.29) is 11.7 Å². The first kappa shape index (κ1) is 12.5. The van der Waals surface area contributed by atoms with E-state index >= 15 is 0 Å². The number of H-pyrrole nitrogens is 1. The van der Waals surface area contributed by atoms with Gasteiger partial charge in [0.05, 0.1) is 6.61 Å². The Kier molecular flexibility index (Phi) is 3.58. The third-order valence-corrected chi connectivity index (χ3v) is 2.54. The summed E-state index contributed by atoms with van der Waals surface area (Å²) in [4.78, 5) is 13.3. The number of aromatic nitrogens is 4. The molecule has 8 nitrogen and oxygen atoms in total. The van der Waals surface area contributed by atoms with E-state index in [1.165, 1.54) is 4.52 Å². The zero-order valence-corrected chi connectivity index (χ0v) is 10.3. The fourth-order valence-corrected chi connectivity index (χ4v) is 1.71. The number of rotatable bonds is 5. The minimum atomic E-state index is -0.360. The first-order chi connectivity index (χ1) is 8.61. The highest BCUT2D eigenvalue weighted by atomic mass is 16.5. The number of aromatic amines is 1. The van der Waals surface area contributed by atoms with Gasteiger partial charge in [-0.25, -0.2) is 9.89 Å². The van der Waals surface area contributed by atoms with Crippen LogP contribution in [-0.4, -0.2) is 53.2 Å². The van der Waals surface area contributed by atoms with Crippen LogP contribution in [-0.2, 0) is 4.74 Å². The highest BCUT2D eigenvalue weighted by Gasteiger charge is 2.10. The third-order valence-electron chi connectivity index (χ3n) is 2.54. The monoisotopic (exact) mass is 252 g/mol. The molecule has 18 heavy (non-hydrogen) atoms. The number of nitrogens with one attached hydrogen (secondary N) is 1. The minimum Gasteiger partial charge on any atom is -0.383 e. The highest BCUT2D eigenvalue weighted by molar-refractivity contribution is 5.44. The van der Waals surface area contributed by atoms with E-state index in [9.17, 15) is 4.79 Å².